The molecule has 0 bridgehead atoms. The second kappa shape index (κ2) is 3.56. The van der Waals surface area contributed by atoms with Gasteiger partial charge in [0.1, 0.15) is 0 Å². The first-order chi connectivity index (χ1) is 5.90. The minimum atomic E-state index is 0.817. The quantitative estimate of drug-likeness (QED) is 0.538. The molecule has 1 aromatic heterocycles. The van der Waals surface area contributed by atoms with Crippen LogP contribution in [0.25, 0.3) is 0 Å². The lowest BCUT2D eigenvalue weighted by atomic mass is 9.99. The second-order valence-electron chi connectivity index (χ2n) is 3.25. The molecular formula is C9H14N2S. The smallest absolute Gasteiger partial charge is 0.0442 e. The first-order valence-electron chi connectivity index (χ1n) is 4.44. The van der Waals surface area contributed by atoms with Crippen molar-refractivity contribution in [2.75, 3.05) is 0 Å². The molecule has 0 unspecified atom stereocenters. The monoisotopic (exact) mass is 182 g/mol. The molecule has 2 nitrogen and oxygen atoms in total. The van der Waals surface area contributed by atoms with Crippen molar-refractivity contribution in [3.8, 4) is 0 Å². The van der Waals surface area contributed by atoms with Crippen molar-refractivity contribution in [1.29, 1.82) is 0 Å². The SMILES string of the molecule is NNCc1cc2c(s1)CCCC2. The highest BCUT2D eigenvalue weighted by molar-refractivity contribution is 7.12. The number of hydrogen-bond acceptors (Lipinski definition) is 3. The summed E-state index contributed by atoms with van der Waals surface area (Å²) < 4.78 is 0. The van der Waals surface area contributed by atoms with Gasteiger partial charge in [0.15, 0.2) is 0 Å². The molecule has 0 radical (unpaired) electrons. The van der Waals surface area contributed by atoms with Crippen LogP contribution in [-0.2, 0) is 19.4 Å². The van der Waals surface area contributed by atoms with Gasteiger partial charge in [-0.05, 0) is 37.3 Å². The van der Waals surface area contributed by atoms with E-state index in [4.69, 9.17) is 5.84 Å². The summed E-state index contributed by atoms with van der Waals surface area (Å²) in [5, 5.41) is 0. The zero-order chi connectivity index (χ0) is 8.39. The normalized spacial score (nSPS) is 16.1. The van der Waals surface area contributed by atoms with Crippen LogP contribution in [0.2, 0.25) is 0 Å². The Hall–Kier alpha value is -0.380. The highest BCUT2D eigenvalue weighted by Gasteiger charge is 2.12. The Labute approximate surface area is 76.8 Å². The maximum Gasteiger partial charge on any atom is 0.0442 e. The molecule has 1 aromatic rings. The highest BCUT2D eigenvalue weighted by atomic mass is 32.1. The van der Waals surface area contributed by atoms with E-state index in [0.717, 1.165) is 6.54 Å². The predicted molar refractivity (Wildman–Crippen MR) is 52.0 cm³/mol. The zero-order valence-corrected chi connectivity index (χ0v) is 7.91. The molecule has 0 atom stereocenters. The van der Waals surface area contributed by atoms with Crippen LogP contribution in [0.4, 0.5) is 0 Å². The fourth-order valence-corrected chi connectivity index (χ4v) is 2.95. The molecule has 0 fully saturated rings. The summed E-state index contributed by atoms with van der Waals surface area (Å²) in [6.07, 6.45) is 5.28. The summed E-state index contributed by atoms with van der Waals surface area (Å²) in [6, 6.07) is 2.30. The number of nitrogens with one attached hydrogen (secondary N) is 1. The molecule has 0 saturated heterocycles. The molecule has 0 spiro atoms. The van der Waals surface area contributed by atoms with Crippen molar-refractivity contribution >= 4 is 11.3 Å². The van der Waals surface area contributed by atoms with Gasteiger partial charge in [0.25, 0.3) is 0 Å². The van der Waals surface area contributed by atoms with Gasteiger partial charge in [0.2, 0.25) is 0 Å². The summed E-state index contributed by atoms with van der Waals surface area (Å²) in [4.78, 5) is 2.97. The van der Waals surface area contributed by atoms with Gasteiger partial charge in [-0.2, -0.15) is 0 Å². The Bertz CT molecular complexity index is 244. The van der Waals surface area contributed by atoms with Gasteiger partial charge in [0.05, 0.1) is 0 Å². The van der Waals surface area contributed by atoms with Gasteiger partial charge >= 0.3 is 0 Å². The summed E-state index contributed by atoms with van der Waals surface area (Å²) in [7, 11) is 0. The van der Waals surface area contributed by atoms with Crippen LogP contribution < -0.4 is 11.3 Å². The number of hydrazine groups is 1. The van der Waals surface area contributed by atoms with E-state index < -0.39 is 0 Å². The molecule has 3 heteroatoms. The lowest BCUT2D eigenvalue weighted by Crippen LogP contribution is -2.19. The highest BCUT2D eigenvalue weighted by Crippen LogP contribution is 2.29. The van der Waals surface area contributed by atoms with Crippen LogP contribution in [0.1, 0.15) is 28.2 Å². The summed E-state index contributed by atoms with van der Waals surface area (Å²) >= 11 is 1.92. The molecule has 1 aliphatic carbocycles. The summed E-state index contributed by atoms with van der Waals surface area (Å²) in [6.45, 7) is 0.817. The van der Waals surface area contributed by atoms with Crippen molar-refractivity contribution in [2.45, 2.75) is 32.2 Å². The number of nitrogens with two attached hydrogens (primary N) is 1. The van der Waals surface area contributed by atoms with E-state index in [0.29, 0.717) is 0 Å². The van der Waals surface area contributed by atoms with Crippen molar-refractivity contribution in [2.24, 2.45) is 5.84 Å². The van der Waals surface area contributed by atoms with Gasteiger partial charge in [-0.15, -0.1) is 11.3 Å². The number of hydrogen-bond donors (Lipinski definition) is 2. The second-order valence-corrected chi connectivity index (χ2v) is 4.47. The molecule has 0 aromatic carbocycles. The van der Waals surface area contributed by atoms with Gasteiger partial charge in [-0.25, -0.2) is 0 Å². The maximum atomic E-state index is 5.28. The molecule has 0 aliphatic heterocycles. The van der Waals surface area contributed by atoms with E-state index in [1.165, 1.54) is 30.6 Å². The largest absolute Gasteiger partial charge is 0.271 e. The van der Waals surface area contributed by atoms with Crippen LogP contribution in [-0.4, -0.2) is 0 Å². The first-order valence-corrected chi connectivity index (χ1v) is 5.25. The van der Waals surface area contributed by atoms with Crippen molar-refractivity contribution in [1.82, 2.24) is 5.43 Å². The van der Waals surface area contributed by atoms with E-state index in [9.17, 15) is 0 Å². The van der Waals surface area contributed by atoms with Gasteiger partial charge in [0, 0.05) is 16.3 Å². The molecule has 0 amide bonds. The van der Waals surface area contributed by atoms with E-state index in [1.54, 1.807) is 10.4 Å². The number of aryl methyl sites for hydroxylation is 2. The van der Waals surface area contributed by atoms with Crippen LogP contribution in [0.3, 0.4) is 0 Å². The van der Waals surface area contributed by atoms with E-state index in [2.05, 4.69) is 11.5 Å². The van der Waals surface area contributed by atoms with E-state index in [1.807, 2.05) is 11.3 Å². The standard InChI is InChI=1S/C9H14N2S/c10-11-6-8-5-7-3-1-2-4-9(7)12-8/h5,11H,1-4,6,10H2. The minimum absolute atomic E-state index is 0.817. The van der Waals surface area contributed by atoms with Crippen LogP contribution in [0, 0.1) is 0 Å². The lowest BCUT2D eigenvalue weighted by molar-refractivity contribution is 0.696. The molecular weight excluding hydrogens is 168 g/mol. The topological polar surface area (TPSA) is 38.0 Å². The Morgan fingerprint density at radius 1 is 1.42 bits per heavy atom. The Kier molecular flexibility index (Phi) is 2.44. The zero-order valence-electron chi connectivity index (χ0n) is 7.10. The van der Waals surface area contributed by atoms with Crippen LogP contribution in [0.5, 0.6) is 0 Å². The Morgan fingerprint density at radius 3 is 3.00 bits per heavy atom. The summed E-state index contributed by atoms with van der Waals surface area (Å²) in [5.41, 5.74) is 4.27. The lowest BCUT2D eigenvalue weighted by Gasteiger charge is -2.08. The predicted octanol–water partition coefficient (Wildman–Crippen LogP) is 1.59. The first kappa shape index (κ1) is 8.23. The average Bonchev–Trinajstić information content (AvgIpc) is 2.47. The fraction of sp³-hybridized carbons (Fsp3) is 0.556. The minimum Gasteiger partial charge on any atom is -0.271 e. The maximum absolute atomic E-state index is 5.28. The third-order valence-electron chi connectivity index (χ3n) is 2.32. The van der Waals surface area contributed by atoms with Crippen LogP contribution in [0.15, 0.2) is 6.07 Å². The third kappa shape index (κ3) is 1.53. The summed E-state index contributed by atoms with van der Waals surface area (Å²) in [5.74, 6) is 5.28. The molecule has 2 rings (SSSR count). The molecule has 66 valence electrons. The molecule has 12 heavy (non-hydrogen) atoms. The molecule has 0 saturated carbocycles. The van der Waals surface area contributed by atoms with Gasteiger partial charge < -0.3 is 0 Å². The van der Waals surface area contributed by atoms with Crippen molar-refractivity contribution in [3.63, 3.8) is 0 Å². The fourth-order valence-electron chi connectivity index (χ4n) is 1.74. The van der Waals surface area contributed by atoms with Crippen LogP contribution >= 0.6 is 11.3 Å². The molecule has 3 N–H and O–H groups in total. The number of fused-ring (bicyclic) bond motifs is 1. The average molecular weight is 182 g/mol. The Balaban J connectivity index is 2.20. The van der Waals surface area contributed by atoms with E-state index >= 15 is 0 Å². The number of rotatable bonds is 2. The molecule has 1 heterocycles. The van der Waals surface area contributed by atoms with Crippen molar-refractivity contribution in [3.05, 3.63) is 21.4 Å². The molecule has 1 aliphatic rings. The van der Waals surface area contributed by atoms with Gasteiger partial charge in [-0.1, -0.05) is 0 Å². The third-order valence-corrected chi connectivity index (χ3v) is 3.56. The van der Waals surface area contributed by atoms with E-state index in [-0.39, 0.29) is 0 Å². The number of thiophene rings is 1. The van der Waals surface area contributed by atoms with Crippen molar-refractivity contribution < 1.29 is 0 Å². The Morgan fingerprint density at radius 2 is 2.25 bits per heavy atom. The van der Waals surface area contributed by atoms with Gasteiger partial charge in [-0.3, -0.25) is 11.3 Å².